The van der Waals surface area contributed by atoms with Crippen molar-refractivity contribution in [1.29, 1.82) is 0 Å². The molecule has 2 unspecified atom stereocenters. The van der Waals surface area contributed by atoms with E-state index in [4.69, 9.17) is 9.84 Å². The van der Waals surface area contributed by atoms with Gasteiger partial charge in [0.2, 0.25) is 5.91 Å². The summed E-state index contributed by atoms with van der Waals surface area (Å²) in [6, 6.07) is 0. The molecule has 2 heterocycles. The van der Waals surface area contributed by atoms with Crippen molar-refractivity contribution in [2.24, 2.45) is 5.92 Å². The number of amides is 1. The molecule has 5 nitrogen and oxygen atoms in total. The Bertz CT molecular complexity index is 297. The van der Waals surface area contributed by atoms with Crippen LogP contribution in [0.15, 0.2) is 11.8 Å². The van der Waals surface area contributed by atoms with Crippen molar-refractivity contribution in [2.75, 3.05) is 6.61 Å². The Morgan fingerprint density at radius 3 is 3.08 bits per heavy atom. The lowest BCUT2D eigenvalue weighted by Crippen LogP contribution is -2.43. The molecule has 1 fully saturated rings. The van der Waals surface area contributed by atoms with Gasteiger partial charge >= 0.3 is 5.97 Å². The number of piperidine rings is 1. The molecule has 0 bridgehead atoms. The van der Waals surface area contributed by atoms with E-state index >= 15 is 0 Å². The summed E-state index contributed by atoms with van der Waals surface area (Å²) in [4.78, 5) is 22.0. The van der Waals surface area contributed by atoms with Gasteiger partial charge in [-0.1, -0.05) is 0 Å². The third-order valence-corrected chi connectivity index (χ3v) is 2.24. The normalized spacial score (nSPS) is 31.9. The van der Waals surface area contributed by atoms with Crippen LogP contribution in [0.1, 0.15) is 6.42 Å². The van der Waals surface area contributed by atoms with Crippen molar-refractivity contribution in [1.82, 2.24) is 5.32 Å². The van der Waals surface area contributed by atoms with Gasteiger partial charge in [-0.2, -0.15) is 0 Å². The van der Waals surface area contributed by atoms with Gasteiger partial charge in [0.05, 0.1) is 18.2 Å². The van der Waals surface area contributed by atoms with Crippen LogP contribution in [-0.4, -0.2) is 29.7 Å². The first kappa shape index (κ1) is 8.25. The van der Waals surface area contributed by atoms with Gasteiger partial charge in [0, 0.05) is 12.5 Å². The highest BCUT2D eigenvalue weighted by Crippen LogP contribution is 2.25. The highest BCUT2D eigenvalue weighted by Gasteiger charge is 2.37. The monoisotopic (exact) mass is 183 g/mol. The molecular formula is C8H9NO4. The maximum atomic E-state index is 11.2. The summed E-state index contributed by atoms with van der Waals surface area (Å²) in [6.45, 7) is -0.215. The Labute approximate surface area is 74.4 Å². The molecule has 1 saturated heterocycles. The fraction of sp³-hybridized carbons (Fsp3) is 0.500. The molecule has 0 aromatic heterocycles. The fourth-order valence-corrected chi connectivity index (χ4v) is 1.52. The zero-order valence-corrected chi connectivity index (χ0v) is 6.82. The van der Waals surface area contributed by atoms with Crippen LogP contribution in [0.2, 0.25) is 0 Å². The van der Waals surface area contributed by atoms with E-state index in [1.54, 1.807) is 0 Å². The van der Waals surface area contributed by atoms with E-state index in [1.165, 1.54) is 6.08 Å². The molecule has 2 atom stereocenters. The number of hydrogen-bond donors (Lipinski definition) is 2. The van der Waals surface area contributed by atoms with Crippen LogP contribution < -0.4 is 5.32 Å². The molecule has 0 aromatic rings. The van der Waals surface area contributed by atoms with Crippen molar-refractivity contribution in [3.05, 3.63) is 11.8 Å². The summed E-state index contributed by atoms with van der Waals surface area (Å²) in [5, 5.41) is 11.4. The Kier molecular flexibility index (Phi) is 1.81. The van der Waals surface area contributed by atoms with E-state index in [0.29, 0.717) is 12.1 Å². The standard InChI is InChI=1S/C8H9NO4/c10-3-4-1-6-5(9-8(4)12)2-7(11)13-6/h2,4,6,10H,1,3H2,(H,9,12). The molecule has 13 heavy (non-hydrogen) atoms. The first-order valence-electron chi connectivity index (χ1n) is 4.04. The van der Waals surface area contributed by atoms with Gasteiger partial charge in [-0.05, 0) is 0 Å². The highest BCUT2D eigenvalue weighted by atomic mass is 16.5. The number of ether oxygens (including phenoxy) is 1. The van der Waals surface area contributed by atoms with Crippen molar-refractivity contribution in [3.63, 3.8) is 0 Å². The highest BCUT2D eigenvalue weighted by molar-refractivity contribution is 5.90. The van der Waals surface area contributed by atoms with E-state index < -0.39 is 11.9 Å². The molecule has 0 saturated carbocycles. The Balaban J connectivity index is 2.16. The summed E-state index contributed by atoms with van der Waals surface area (Å²) in [6.07, 6.45) is 1.28. The van der Waals surface area contributed by atoms with E-state index in [9.17, 15) is 9.59 Å². The lowest BCUT2D eigenvalue weighted by molar-refractivity contribution is -0.142. The average molecular weight is 183 g/mol. The van der Waals surface area contributed by atoms with E-state index in [2.05, 4.69) is 5.32 Å². The first-order chi connectivity index (χ1) is 6.20. The Hall–Kier alpha value is -1.36. The number of hydrogen-bond acceptors (Lipinski definition) is 4. The van der Waals surface area contributed by atoms with Crippen LogP contribution in [0.4, 0.5) is 0 Å². The summed E-state index contributed by atoms with van der Waals surface area (Å²) < 4.78 is 4.89. The number of esters is 1. The largest absolute Gasteiger partial charge is 0.453 e. The predicted molar refractivity (Wildman–Crippen MR) is 41.3 cm³/mol. The molecule has 0 spiro atoms. The second kappa shape index (κ2) is 2.85. The van der Waals surface area contributed by atoms with Crippen LogP contribution in [0.5, 0.6) is 0 Å². The van der Waals surface area contributed by atoms with Crippen molar-refractivity contribution in [2.45, 2.75) is 12.5 Å². The summed E-state index contributed by atoms with van der Waals surface area (Å²) in [7, 11) is 0. The van der Waals surface area contributed by atoms with Crippen LogP contribution in [0, 0.1) is 5.92 Å². The van der Waals surface area contributed by atoms with Gasteiger partial charge in [-0.15, -0.1) is 0 Å². The SMILES string of the molecule is O=C1C=C2NC(=O)C(CO)CC2O1. The van der Waals surface area contributed by atoms with Gasteiger partial charge in [0.15, 0.2) is 0 Å². The topological polar surface area (TPSA) is 75.6 Å². The minimum atomic E-state index is -0.465. The molecule has 0 aliphatic carbocycles. The number of carbonyl (C=O) groups excluding carboxylic acids is 2. The summed E-state index contributed by atoms with van der Waals surface area (Å²) >= 11 is 0. The van der Waals surface area contributed by atoms with E-state index in [-0.39, 0.29) is 18.6 Å². The predicted octanol–water partition coefficient (Wildman–Crippen LogP) is -1.08. The third-order valence-electron chi connectivity index (χ3n) is 2.24. The van der Waals surface area contributed by atoms with Gasteiger partial charge in [0.1, 0.15) is 6.10 Å². The molecule has 2 aliphatic rings. The summed E-state index contributed by atoms with van der Waals surface area (Å²) in [5.74, 6) is -1.14. The van der Waals surface area contributed by atoms with Gasteiger partial charge < -0.3 is 15.2 Å². The summed E-state index contributed by atoms with van der Waals surface area (Å²) in [5.41, 5.74) is 0.514. The smallest absolute Gasteiger partial charge is 0.333 e. The first-order valence-corrected chi connectivity index (χ1v) is 4.04. The van der Waals surface area contributed by atoms with Crippen LogP contribution in [0.3, 0.4) is 0 Å². The van der Waals surface area contributed by atoms with Crippen molar-refractivity contribution in [3.8, 4) is 0 Å². The number of aliphatic hydroxyl groups is 1. The Morgan fingerprint density at radius 1 is 1.62 bits per heavy atom. The zero-order valence-electron chi connectivity index (χ0n) is 6.82. The van der Waals surface area contributed by atoms with Crippen LogP contribution in [-0.2, 0) is 14.3 Å². The minimum Gasteiger partial charge on any atom is -0.453 e. The molecule has 0 aromatic carbocycles. The molecule has 2 rings (SSSR count). The molecule has 2 aliphatic heterocycles. The van der Waals surface area contributed by atoms with Crippen LogP contribution >= 0.6 is 0 Å². The van der Waals surface area contributed by atoms with Crippen molar-refractivity contribution >= 4 is 11.9 Å². The second-order valence-corrected chi connectivity index (χ2v) is 3.13. The number of fused-ring (bicyclic) bond motifs is 1. The van der Waals surface area contributed by atoms with Crippen LogP contribution in [0.25, 0.3) is 0 Å². The average Bonchev–Trinajstić information content (AvgIpc) is 2.42. The Morgan fingerprint density at radius 2 is 2.38 bits per heavy atom. The molecule has 5 heteroatoms. The maximum absolute atomic E-state index is 11.2. The number of nitrogens with one attached hydrogen (secondary N) is 1. The molecule has 1 amide bonds. The van der Waals surface area contributed by atoms with E-state index in [1.807, 2.05) is 0 Å². The maximum Gasteiger partial charge on any atom is 0.333 e. The lowest BCUT2D eigenvalue weighted by Gasteiger charge is -2.25. The molecule has 0 radical (unpaired) electrons. The fourth-order valence-electron chi connectivity index (χ4n) is 1.52. The van der Waals surface area contributed by atoms with Crippen molar-refractivity contribution < 1.29 is 19.4 Å². The van der Waals surface area contributed by atoms with E-state index in [0.717, 1.165) is 0 Å². The number of aliphatic hydroxyl groups excluding tert-OH is 1. The minimum absolute atomic E-state index is 0.215. The number of carbonyl (C=O) groups is 2. The molecule has 2 N–H and O–H groups in total. The lowest BCUT2D eigenvalue weighted by atomic mass is 9.95. The molecular weight excluding hydrogens is 174 g/mol. The van der Waals surface area contributed by atoms with Gasteiger partial charge in [0.25, 0.3) is 0 Å². The van der Waals surface area contributed by atoms with Gasteiger partial charge in [-0.25, -0.2) is 4.79 Å². The third kappa shape index (κ3) is 1.31. The molecule has 70 valence electrons. The quantitative estimate of drug-likeness (QED) is 0.507. The second-order valence-electron chi connectivity index (χ2n) is 3.13. The number of rotatable bonds is 1. The van der Waals surface area contributed by atoms with Gasteiger partial charge in [-0.3, -0.25) is 4.79 Å². The zero-order chi connectivity index (χ0) is 9.42.